The quantitative estimate of drug-likeness (QED) is 0.388. The molecule has 0 bridgehead atoms. The van der Waals surface area contributed by atoms with E-state index < -0.39 is 0 Å². The van der Waals surface area contributed by atoms with Crippen LogP contribution < -0.4 is 10.6 Å². The van der Waals surface area contributed by atoms with Crippen molar-refractivity contribution in [1.29, 1.82) is 0 Å². The molecule has 4 nitrogen and oxygen atoms in total. The van der Waals surface area contributed by atoms with Gasteiger partial charge in [-0.1, -0.05) is 40.9 Å². The molecule has 7 heteroatoms. The molecule has 0 aliphatic carbocycles. The van der Waals surface area contributed by atoms with Gasteiger partial charge in [-0.25, -0.2) is 0 Å². The zero-order valence-electron chi connectivity index (χ0n) is 14.8. The highest BCUT2D eigenvalue weighted by Gasteiger charge is 2.09. The van der Waals surface area contributed by atoms with Gasteiger partial charge in [0.25, 0.3) is 0 Å². The Labute approximate surface area is 178 Å². The molecule has 0 unspecified atom stereocenters. The number of hydrogen-bond acceptors (Lipinski definition) is 3. The summed E-state index contributed by atoms with van der Waals surface area (Å²) in [6.07, 6.45) is 2.90. The largest absolute Gasteiger partial charge is 0.457 e. The molecule has 3 aromatic rings. The first-order valence-corrected chi connectivity index (χ1v) is 9.49. The Hall–Kier alpha value is -2.60. The maximum absolute atomic E-state index is 12.0. The van der Waals surface area contributed by atoms with Crippen LogP contribution in [0, 0.1) is 6.92 Å². The Morgan fingerprint density at radius 1 is 1.07 bits per heavy atom. The van der Waals surface area contributed by atoms with Gasteiger partial charge in [-0.3, -0.25) is 10.1 Å². The molecule has 2 N–H and O–H groups in total. The van der Waals surface area contributed by atoms with Crippen molar-refractivity contribution in [3.63, 3.8) is 0 Å². The van der Waals surface area contributed by atoms with Crippen LogP contribution in [0.3, 0.4) is 0 Å². The van der Waals surface area contributed by atoms with Gasteiger partial charge in [-0.2, -0.15) is 0 Å². The fourth-order valence-corrected chi connectivity index (χ4v) is 3.11. The lowest BCUT2D eigenvalue weighted by atomic mass is 10.2. The number of hydrogen-bond donors (Lipinski definition) is 2. The lowest BCUT2D eigenvalue weighted by molar-refractivity contribution is -0.115. The molecule has 0 fully saturated rings. The SMILES string of the molecule is Cc1ccc(NC(=S)NC(=O)/C=C/c2ccc(-c3ccc(Cl)cc3Cl)o2)cc1. The van der Waals surface area contributed by atoms with E-state index in [0.29, 0.717) is 21.6 Å². The van der Waals surface area contributed by atoms with Crippen LogP contribution in [0.2, 0.25) is 10.0 Å². The van der Waals surface area contributed by atoms with Gasteiger partial charge < -0.3 is 9.73 Å². The summed E-state index contributed by atoms with van der Waals surface area (Å²) in [5.41, 5.74) is 2.66. The Bertz CT molecular complexity index is 1040. The van der Waals surface area contributed by atoms with Crippen molar-refractivity contribution < 1.29 is 9.21 Å². The number of nitrogens with one attached hydrogen (secondary N) is 2. The van der Waals surface area contributed by atoms with E-state index in [4.69, 9.17) is 39.8 Å². The highest BCUT2D eigenvalue weighted by molar-refractivity contribution is 7.80. The summed E-state index contributed by atoms with van der Waals surface area (Å²) in [5.74, 6) is 0.721. The van der Waals surface area contributed by atoms with Crippen LogP contribution in [0.1, 0.15) is 11.3 Å². The van der Waals surface area contributed by atoms with Gasteiger partial charge in [0, 0.05) is 22.3 Å². The smallest absolute Gasteiger partial charge is 0.250 e. The third kappa shape index (κ3) is 5.45. The second kappa shape index (κ2) is 9.06. The number of aryl methyl sites for hydroxylation is 1. The number of anilines is 1. The number of furan rings is 1. The first-order chi connectivity index (χ1) is 13.4. The summed E-state index contributed by atoms with van der Waals surface area (Å²) in [6, 6.07) is 16.3. The molecule has 0 atom stereocenters. The minimum absolute atomic E-state index is 0.214. The molecule has 1 heterocycles. The third-order valence-corrected chi connectivity index (χ3v) is 4.52. The maximum Gasteiger partial charge on any atom is 0.250 e. The lowest BCUT2D eigenvalue weighted by Gasteiger charge is -2.08. The van der Waals surface area contributed by atoms with E-state index >= 15 is 0 Å². The molecule has 2 aromatic carbocycles. The van der Waals surface area contributed by atoms with E-state index in [2.05, 4.69) is 10.6 Å². The average Bonchev–Trinajstić information content (AvgIpc) is 3.10. The summed E-state index contributed by atoms with van der Waals surface area (Å²) in [6.45, 7) is 2.00. The fraction of sp³-hybridized carbons (Fsp3) is 0.0476. The van der Waals surface area contributed by atoms with Crippen molar-refractivity contribution in [1.82, 2.24) is 5.32 Å². The van der Waals surface area contributed by atoms with E-state index in [1.54, 1.807) is 36.4 Å². The number of amides is 1. The van der Waals surface area contributed by atoms with Crippen LogP contribution in [-0.2, 0) is 4.79 Å². The molecule has 0 spiro atoms. The summed E-state index contributed by atoms with van der Waals surface area (Å²) in [5, 5.41) is 6.79. The van der Waals surface area contributed by atoms with Crippen LogP contribution in [0.5, 0.6) is 0 Å². The van der Waals surface area contributed by atoms with Crippen molar-refractivity contribution in [3.8, 4) is 11.3 Å². The Balaban J connectivity index is 1.59. The van der Waals surface area contributed by atoms with Crippen molar-refractivity contribution in [2.75, 3.05) is 5.32 Å². The number of carbonyl (C=O) groups excluding carboxylic acids is 1. The fourth-order valence-electron chi connectivity index (χ4n) is 2.39. The van der Waals surface area contributed by atoms with Crippen molar-refractivity contribution in [3.05, 3.63) is 82.0 Å². The molecule has 142 valence electrons. The van der Waals surface area contributed by atoms with Gasteiger partial charge >= 0.3 is 0 Å². The van der Waals surface area contributed by atoms with Gasteiger partial charge in [-0.15, -0.1) is 0 Å². The van der Waals surface area contributed by atoms with E-state index in [1.807, 2.05) is 31.2 Å². The minimum atomic E-state index is -0.368. The van der Waals surface area contributed by atoms with Gasteiger partial charge in [0.15, 0.2) is 5.11 Å². The van der Waals surface area contributed by atoms with E-state index in [-0.39, 0.29) is 11.0 Å². The van der Waals surface area contributed by atoms with Crippen LogP contribution in [0.4, 0.5) is 5.69 Å². The summed E-state index contributed by atoms with van der Waals surface area (Å²) < 4.78 is 5.71. The zero-order chi connectivity index (χ0) is 20.1. The van der Waals surface area contributed by atoms with Crippen LogP contribution in [0.25, 0.3) is 17.4 Å². The first-order valence-electron chi connectivity index (χ1n) is 8.33. The third-order valence-electron chi connectivity index (χ3n) is 3.77. The minimum Gasteiger partial charge on any atom is -0.457 e. The molecule has 0 saturated heterocycles. The molecule has 0 saturated carbocycles. The number of rotatable bonds is 4. The Morgan fingerprint density at radius 3 is 2.54 bits per heavy atom. The first kappa shape index (κ1) is 20.1. The second-order valence-electron chi connectivity index (χ2n) is 5.97. The molecule has 0 radical (unpaired) electrons. The number of benzene rings is 2. The molecule has 28 heavy (non-hydrogen) atoms. The van der Waals surface area contributed by atoms with E-state index in [9.17, 15) is 4.79 Å². The Morgan fingerprint density at radius 2 is 1.82 bits per heavy atom. The molecule has 0 aliphatic heterocycles. The van der Waals surface area contributed by atoms with Crippen molar-refractivity contribution in [2.24, 2.45) is 0 Å². The van der Waals surface area contributed by atoms with E-state index in [1.165, 1.54) is 6.08 Å². The summed E-state index contributed by atoms with van der Waals surface area (Å²) >= 11 is 17.2. The highest BCUT2D eigenvalue weighted by atomic mass is 35.5. The predicted molar refractivity (Wildman–Crippen MR) is 119 cm³/mol. The molecular weight excluding hydrogens is 415 g/mol. The maximum atomic E-state index is 12.0. The monoisotopic (exact) mass is 430 g/mol. The predicted octanol–water partition coefficient (Wildman–Crippen LogP) is 6.09. The molecular formula is C21H16Cl2N2O2S. The standard InChI is InChI=1S/C21H16Cl2N2O2S/c1-13-2-5-15(6-3-13)24-21(28)25-20(26)11-8-16-7-10-19(27-16)17-9-4-14(22)12-18(17)23/h2-12H,1H3,(H2,24,25,26,28)/b11-8+. The number of halogens is 2. The van der Waals surface area contributed by atoms with Crippen molar-refractivity contribution in [2.45, 2.75) is 6.92 Å². The molecule has 3 rings (SSSR count). The topological polar surface area (TPSA) is 54.3 Å². The summed E-state index contributed by atoms with van der Waals surface area (Å²) in [7, 11) is 0. The number of carbonyl (C=O) groups is 1. The van der Waals surface area contributed by atoms with Crippen LogP contribution >= 0.6 is 35.4 Å². The molecule has 1 aromatic heterocycles. The van der Waals surface area contributed by atoms with Gasteiger partial charge in [0.1, 0.15) is 11.5 Å². The molecule has 1 amide bonds. The van der Waals surface area contributed by atoms with Gasteiger partial charge in [0.2, 0.25) is 5.91 Å². The van der Waals surface area contributed by atoms with Crippen molar-refractivity contribution >= 4 is 58.2 Å². The van der Waals surface area contributed by atoms with Crippen LogP contribution in [0.15, 0.2) is 65.1 Å². The zero-order valence-corrected chi connectivity index (χ0v) is 17.2. The summed E-state index contributed by atoms with van der Waals surface area (Å²) in [4.78, 5) is 12.0. The molecule has 0 aliphatic rings. The van der Waals surface area contributed by atoms with Gasteiger partial charge in [-0.05, 0) is 67.7 Å². The van der Waals surface area contributed by atoms with E-state index in [0.717, 1.165) is 16.8 Å². The second-order valence-corrected chi connectivity index (χ2v) is 7.22. The van der Waals surface area contributed by atoms with Gasteiger partial charge in [0.05, 0.1) is 5.02 Å². The lowest BCUT2D eigenvalue weighted by Crippen LogP contribution is -2.32. The normalized spacial score (nSPS) is 10.8. The Kier molecular flexibility index (Phi) is 6.52. The number of thiocarbonyl (C=S) groups is 1. The van der Waals surface area contributed by atoms with Crippen LogP contribution in [-0.4, -0.2) is 11.0 Å². The average molecular weight is 431 g/mol. The highest BCUT2D eigenvalue weighted by Crippen LogP contribution is 2.31.